The normalized spacial score (nSPS) is 10.5. The Labute approximate surface area is 162 Å². The fourth-order valence-corrected chi connectivity index (χ4v) is 2.80. The van der Waals surface area contributed by atoms with Crippen LogP contribution in [0.3, 0.4) is 0 Å². The van der Waals surface area contributed by atoms with Crippen LogP contribution in [0.1, 0.15) is 11.1 Å². The smallest absolute Gasteiger partial charge is 0.166 e. The molecule has 140 valence electrons. The molecule has 0 bridgehead atoms. The van der Waals surface area contributed by atoms with Gasteiger partial charge in [-0.25, -0.2) is 9.82 Å². The molecule has 3 rings (SSSR count). The third-order valence-electron chi connectivity index (χ3n) is 3.95. The van der Waals surface area contributed by atoms with Gasteiger partial charge in [-0.15, -0.1) is 0 Å². The quantitative estimate of drug-likeness (QED) is 0.523. The summed E-state index contributed by atoms with van der Waals surface area (Å²) in [6.07, 6.45) is 0. The van der Waals surface area contributed by atoms with Crippen LogP contribution < -0.4 is 20.3 Å². The molecule has 0 fully saturated rings. The number of rotatable bonds is 8. The van der Waals surface area contributed by atoms with E-state index in [0.717, 1.165) is 11.3 Å². The van der Waals surface area contributed by atoms with E-state index in [0.29, 0.717) is 28.6 Å². The zero-order valence-electron chi connectivity index (χ0n) is 14.8. The topological polar surface area (TPSA) is 42.5 Å². The number of anilines is 1. The van der Waals surface area contributed by atoms with Crippen LogP contribution in [0.4, 0.5) is 10.1 Å². The SMILES string of the molecule is COc1cccc(CNNc2ccccc2)c1OCc1ccc(F)cc1Cl. The Bertz CT molecular complexity index is 891. The van der Waals surface area contributed by atoms with Crippen LogP contribution in [0.5, 0.6) is 11.5 Å². The van der Waals surface area contributed by atoms with Crippen molar-refractivity contribution in [2.24, 2.45) is 0 Å². The van der Waals surface area contributed by atoms with Gasteiger partial charge >= 0.3 is 0 Å². The molecule has 3 aromatic rings. The number of benzene rings is 3. The standard InChI is InChI=1S/C21H20ClFN2O2/c1-26-20-9-5-6-15(13-24-25-18-7-3-2-4-8-18)21(20)27-14-16-10-11-17(23)12-19(16)22/h2-12,24-25H,13-14H2,1H3. The molecule has 0 aliphatic carbocycles. The Morgan fingerprint density at radius 2 is 1.78 bits per heavy atom. The van der Waals surface area contributed by atoms with Crippen molar-refractivity contribution in [3.63, 3.8) is 0 Å². The maximum absolute atomic E-state index is 13.2. The second-order valence-corrected chi connectivity index (χ2v) is 6.22. The average molecular weight is 387 g/mol. The molecule has 0 saturated heterocycles. The molecule has 0 unspecified atom stereocenters. The van der Waals surface area contributed by atoms with Gasteiger partial charge in [0.1, 0.15) is 12.4 Å². The van der Waals surface area contributed by atoms with Gasteiger partial charge in [-0.1, -0.05) is 48.0 Å². The lowest BCUT2D eigenvalue weighted by Crippen LogP contribution is -2.21. The highest BCUT2D eigenvalue weighted by atomic mass is 35.5. The van der Waals surface area contributed by atoms with Gasteiger partial charge < -0.3 is 14.9 Å². The zero-order chi connectivity index (χ0) is 19.1. The maximum atomic E-state index is 13.2. The number of ether oxygens (including phenoxy) is 2. The summed E-state index contributed by atoms with van der Waals surface area (Å²) in [6.45, 7) is 0.719. The Hall–Kier alpha value is -2.76. The van der Waals surface area contributed by atoms with Gasteiger partial charge in [-0.3, -0.25) is 0 Å². The first-order valence-corrected chi connectivity index (χ1v) is 8.81. The van der Waals surface area contributed by atoms with Gasteiger partial charge in [0.15, 0.2) is 11.5 Å². The molecule has 0 spiro atoms. The largest absolute Gasteiger partial charge is 0.493 e. The molecule has 0 radical (unpaired) electrons. The molecule has 4 nitrogen and oxygen atoms in total. The molecule has 6 heteroatoms. The third-order valence-corrected chi connectivity index (χ3v) is 4.30. The number of para-hydroxylation sites is 2. The van der Waals surface area contributed by atoms with Crippen LogP contribution in [0.25, 0.3) is 0 Å². The lowest BCUT2D eigenvalue weighted by atomic mass is 10.2. The second-order valence-electron chi connectivity index (χ2n) is 5.82. The van der Waals surface area contributed by atoms with Gasteiger partial charge in [0, 0.05) is 23.4 Å². The number of nitrogens with one attached hydrogen (secondary N) is 2. The molecular formula is C21H20ClFN2O2. The number of halogens is 2. The molecule has 0 heterocycles. The van der Waals surface area contributed by atoms with Gasteiger partial charge in [0.25, 0.3) is 0 Å². The van der Waals surface area contributed by atoms with E-state index in [1.165, 1.54) is 12.1 Å². The molecular weight excluding hydrogens is 367 g/mol. The van der Waals surface area contributed by atoms with Gasteiger partial charge in [0.2, 0.25) is 0 Å². The highest BCUT2D eigenvalue weighted by Gasteiger charge is 2.12. The Morgan fingerprint density at radius 1 is 0.963 bits per heavy atom. The van der Waals surface area contributed by atoms with Gasteiger partial charge in [-0.05, 0) is 30.3 Å². The van der Waals surface area contributed by atoms with E-state index in [1.54, 1.807) is 13.2 Å². The Balaban J connectivity index is 1.71. The first-order chi connectivity index (χ1) is 13.2. The fraction of sp³-hybridized carbons (Fsp3) is 0.143. The summed E-state index contributed by atoms with van der Waals surface area (Å²) in [5, 5.41) is 0.329. The monoisotopic (exact) mass is 386 g/mol. The minimum atomic E-state index is -0.377. The molecule has 0 aromatic heterocycles. The highest BCUT2D eigenvalue weighted by molar-refractivity contribution is 6.31. The summed E-state index contributed by atoms with van der Waals surface area (Å²) in [5.74, 6) is 0.855. The van der Waals surface area contributed by atoms with Crippen molar-refractivity contribution in [2.75, 3.05) is 12.5 Å². The minimum absolute atomic E-state index is 0.207. The predicted octanol–water partition coefficient (Wildman–Crippen LogP) is 5.18. The third kappa shape index (κ3) is 5.12. The van der Waals surface area contributed by atoms with Crippen molar-refractivity contribution < 1.29 is 13.9 Å². The lowest BCUT2D eigenvalue weighted by molar-refractivity contribution is 0.281. The van der Waals surface area contributed by atoms with E-state index in [-0.39, 0.29) is 12.4 Å². The fourth-order valence-electron chi connectivity index (χ4n) is 2.58. The van der Waals surface area contributed by atoms with Crippen LogP contribution in [-0.4, -0.2) is 7.11 Å². The van der Waals surface area contributed by atoms with E-state index < -0.39 is 0 Å². The van der Waals surface area contributed by atoms with Crippen LogP contribution in [0.15, 0.2) is 66.7 Å². The van der Waals surface area contributed by atoms with E-state index in [1.807, 2.05) is 48.5 Å². The maximum Gasteiger partial charge on any atom is 0.166 e. The molecule has 3 aromatic carbocycles. The van der Waals surface area contributed by atoms with Crippen molar-refractivity contribution in [3.8, 4) is 11.5 Å². The highest BCUT2D eigenvalue weighted by Crippen LogP contribution is 2.32. The summed E-state index contributed by atoms with van der Waals surface area (Å²) in [6, 6.07) is 19.7. The average Bonchev–Trinajstić information content (AvgIpc) is 2.68. The molecule has 27 heavy (non-hydrogen) atoms. The van der Waals surface area contributed by atoms with Crippen molar-refractivity contribution in [2.45, 2.75) is 13.2 Å². The van der Waals surface area contributed by atoms with Crippen LogP contribution in [0, 0.1) is 5.82 Å². The summed E-state index contributed by atoms with van der Waals surface area (Å²) >= 11 is 6.09. The van der Waals surface area contributed by atoms with Crippen LogP contribution in [0.2, 0.25) is 5.02 Å². The number of methoxy groups -OCH3 is 1. The molecule has 0 atom stereocenters. The molecule has 0 saturated carbocycles. The Kier molecular flexibility index (Phi) is 6.52. The summed E-state index contributed by atoms with van der Waals surface area (Å²) in [7, 11) is 1.59. The van der Waals surface area contributed by atoms with Crippen molar-refractivity contribution in [3.05, 3.63) is 88.7 Å². The van der Waals surface area contributed by atoms with E-state index in [9.17, 15) is 4.39 Å². The minimum Gasteiger partial charge on any atom is -0.493 e. The second kappa shape index (κ2) is 9.26. The molecule has 0 aliphatic rings. The van der Waals surface area contributed by atoms with Crippen LogP contribution in [-0.2, 0) is 13.2 Å². The van der Waals surface area contributed by atoms with Crippen molar-refractivity contribution in [1.82, 2.24) is 5.43 Å². The zero-order valence-corrected chi connectivity index (χ0v) is 15.6. The Morgan fingerprint density at radius 3 is 2.52 bits per heavy atom. The lowest BCUT2D eigenvalue weighted by Gasteiger charge is -2.16. The van der Waals surface area contributed by atoms with Gasteiger partial charge in [-0.2, -0.15) is 0 Å². The van der Waals surface area contributed by atoms with Gasteiger partial charge in [0.05, 0.1) is 12.1 Å². The summed E-state index contributed by atoms with van der Waals surface area (Å²) in [5.41, 5.74) is 8.87. The number of hydrogen-bond donors (Lipinski definition) is 2. The van der Waals surface area contributed by atoms with Crippen molar-refractivity contribution >= 4 is 17.3 Å². The first-order valence-electron chi connectivity index (χ1n) is 8.44. The molecule has 0 aliphatic heterocycles. The van der Waals surface area contributed by atoms with Crippen LogP contribution >= 0.6 is 11.6 Å². The van der Waals surface area contributed by atoms with Crippen molar-refractivity contribution in [1.29, 1.82) is 0 Å². The predicted molar refractivity (Wildman–Crippen MR) is 106 cm³/mol. The number of hydrogen-bond acceptors (Lipinski definition) is 4. The molecule has 0 amide bonds. The summed E-state index contributed by atoms with van der Waals surface area (Å²) in [4.78, 5) is 0. The molecule has 2 N–H and O–H groups in total. The first kappa shape index (κ1) is 19.0. The van der Waals surface area contributed by atoms with E-state index in [4.69, 9.17) is 21.1 Å². The number of hydrazine groups is 1. The van der Waals surface area contributed by atoms with E-state index in [2.05, 4.69) is 10.9 Å². The van der Waals surface area contributed by atoms with E-state index >= 15 is 0 Å². The summed E-state index contributed by atoms with van der Waals surface area (Å²) < 4.78 is 24.6.